The molecule has 0 N–H and O–H groups in total. The zero-order valence-corrected chi connectivity index (χ0v) is 13.5. The van der Waals surface area contributed by atoms with Crippen LogP contribution in [0.1, 0.15) is 37.3 Å². The Balaban J connectivity index is 2.48. The summed E-state index contributed by atoms with van der Waals surface area (Å²) in [7, 11) is -1.87. The highest BCUT2D eigenvalue weighted by molar-refractivity contribution is 7.89. The van der Waals surface area contributed by atoms with E-state index in [0.29, 0.717) is 17.2 Å². The molecule has 1 atom stereocenters. The van der Waals surface area contributed by atoms with Crippen LogP contribution in [0.5, 0.6) is 5.75 Å². The first-order chi connectivity index (χ1) is 9.37. The van der Waals surface area contributed by atoms with Gasteiger partial charge < -0.3 is 4.74 Å². The van der Waals surface area contributed by atoms with Crippen LogP contribution in [0, 0.1) is 13.8 Å². The standard InChI is InChI=1S/C15H23NO3S/c1-11-9-12(2)15(10-14(11)19-4)20(17,18)16-8-6-5-7-13(16)3/h9-10,13H,5-8H2,1-4H3. The lowest BCUT2D eigenvalue weighted by Crippen LogP contribution is -2.42. The molecule has 1 fully saturated rings. The second kappa shape index (κ2) is 5.74. The van der Waals surface area contributed by atoms with E-state index in [-0.39, 0.29) is 6.04 Å². The van der Waals surface area contributed by atoms with Crippen molar-refractivity contribution >= 4 is 10.0 Å². The first-order valence-corrected chi connectivity index (χ1v) is 8.49. The van der Waals surface area contributed by atoms with Gasteiger partial charge in [-0.15, -0.1) is 0 Å². The first kappa shape index (κ1) is 15.3. The van der Waals surface area contributed by atoms with E-state index in [1.165, 1.54) is 0 Å². The van der Waals surface area contributed by atoms with E-state index in [2.05, 4.69) is 0 Å². The fourth-order valence-corrected chi connectivity index (χ4v) is 4.79. The van der Waals surface area contributed by atoms with Crippen LogP contribution in [0.2, 0.25) is 0 Å². The van der Waals surface area contributed by atoms with Crippen molar-refractivity contribution in [3.8, 4) is 5.75 Å². The van der Waals surface area contributed by atoms with Gasteiger partial charge in [0.25, 0.3) is 0 Å². The highest BCUT2D eigenvalue weighted by Crippen LogP contribution is 2.31. The largest absolute Gasteiger partial charge is 0.496 e. The van der Waals surface area contributed by atoms with Crippen molar-refractivity contribution < 1.29 is 13.2 Å². The number of nitrogens with zero attached hydrogens (tertiary/aromatic N) is 1. The molecule has 1 aliphatic heterocycles. The Bertz CT molecular complexity index is 595. The van der Waals surface area contributed by atoms with Gasteiger partial charge in [0.15, 0.2) is 0 Å². The lowest BCUT2D eigenvalue weighted by atomic mass is 10.1. The molecule has 0 bridgehead atoms. The Morgan fingerprint density at radius 2 is 1.90 bits per heavy atom. The van der Waals surface area contributed by atoms with Gasteiger partial charge in [-0.25, -0.2) is 8.42 Å². The van der Waals surface area contributed by atoms with Crippen molar-refractivity contribution in [1.82, 2.24) is 4.31 Å². The third-order valence-corrected chi connectivity index (χ3v) is 6.18. The summed E-state index contributed by atoms with van der Waals surface area (Å²) in [4.78, 5) is 0.369. The average molecular weight is 297 g/mol. The number of rotatable bonds is 3. The molecular formula is C15H23NO3S. The molecular weight excluding hydrogens is 274 g/mol. The van der Waals surface area contributed by atoms with E-state index in [1.54, 1.807) is 17.5 Å². The Morgan fingerprint density at radius 1 is 1.20 bits per heavy atom. The quantitative estimate of drug-likeness (QED) is 0.862. The lowest BCUT2D eigenvalue weighted by Gasteiger charge is -2.32. The molecule has 1 aromatic carbocycles. The molecule has 5 heteroatoms. The van der Waals surface area contributed by atoms with E-state index in [4.69, 9.17) is 4.74 Å². The van der Waals surface area contributed by atoms with Gasteiger partial charge in [-0.2, -0.15) is 4.31 Å². The summed E-state index contributed by atoms with van der Waals surface area (Å²) < 4.78 is 32.6. The molecule has 1 heterocycles. The van der Waals surface area contributed by atoms with Crippen LogP contribution in [-0.2, 0) is 10.0 Å². The molecule has 1 unspecified atom stereocenters. The van der Waals surface area contributed by atoms with Crippen LogP contribution >= 0.6 is 0 Å². The Hall–Kier alpha value is -1.07. The maximum Gasteiger partial charge on any atom is 0.243 e. The van der Waals surface area contributed by atoms with Gasteiger partial charge in [-0.05, 0) is 44.7 Å². The monoisotopic (exact) mass is 297 g/mol. The van der Waals surface area contributed by atoms with Crippen molar-refractivity contribution in [2.45, 2.75) is 51.0 Å². The molecule has 0 amide bonds. The normalized spacial score (nSPS) is 20.9. The number of methoxy groups -OCH3 is 1. The Kier molecular flexibility index (Phi) is 4.39. The van der Waals surface area contributed by atoms with Crippen LogP contribution in [-0.4, -0.2) is 32.4 Å². The second-order valence-corrected chi connectivity index (χ2v) is 7.41. The SMILES string of the molecule is COc1cc(S(=O)(=O)N2CCCCC2C)c(C)cc1C. The minimum atomic E-state index is -3.44. The Labute approximate surface area is 121 Å². The summed E-state index contributed by atoms with van der Waals surface area (Å²) in [6.45, 7) is 6.36. The molecule has 1 saturated heterocycles. The summed E-state index contributed by atoms with van der Waals surface area (Å²) in [6, 6.07) is 3.60. The number of sulfonamides is 1. The van der Waals surface area contributed by atoms with Gasteiger partial charge in [0.1, 0.15) is 5.75 Å². The minimum Gasteiger partial charge on any atom is -0.496 e. The summed E-state index contributed by atoms with van der Waals surface area (Å²) >= 11 is 0. The predicted octanol–water partition coefficient (Wildman–Crippen LogP) is 2.88. The van der Waals surface area contributed by atoms with Crippen LogP contribution in [0.25, 0.3) is 0 Å². The van der Waals surface area contributed by atoms with E-state index < -0.39 is 10.0 Å². The summed E-state index contributed by atoms with van der Waals surface area (Å²) in [5.74, 6) is 0.624. The summed E-state index contributed by atoms with van der Waals surface area (Å²) in [6.07, 6.45) is 2.97. The molecule has 0 aromatic heterocycles. The molecule has 2 rings (SSSR count). The molecule has 1 aliphatic rings. The van der Waals surface area contributed by atoms with E-state index in [0.717, 1.165) is 30.4 Å². The van der Waals surface area contributed by atoms with Gasteiger partial charge in [0.2, 0.25) is 10.0 Å². The molecule has 4 nitrogen and oxygen atoms in total. The molecule has 1 aromatic rings. The number of ether oxygens (including phenoxy) is 1. The molecule has 0 aliphatic carbocycles. The number of piperidine rings is 1. The van der Waals surface area contributed by atoms with Gasteiger partial charge >= 0.3 is 0 Å². The highest BCUT2D eigenvalue weighted by Gasteiger charge is 2.32. The predicted molar refractivity (Wildman–Crippen MR) is 79.7 cm³/mol. The second-order valence-electron chi connectivity index (χ2n) is 5.55. The van der Waals surface area contributed by atoms with Crippen LogP contribution in [0.15, 0.2) is 17.0 Å². The van der Waals surface area contributed by atoms with Gasteiger partial charge in [0, 0.05) is 18.7 Å². The van der Waals surface area contributed by atoms with Crippen molar-refractivity contribution in [3.63, 3.8) is 0 Å². The fraction of sp³-hybridized carbons (Fsp3) is 0.600. The third-order valence-electron chi connectivity index (χ3n) is 4.02. The van der Waals surface area contributed by atoms with Crippen LogP contribution < -0.4 is 4.74 Å². The molecule has 0 saturated carbocycles. The smallest absolute Gasteiger partial charge is 0.243 e. The zero-order chi connectivity index (χ0) is 14.9. The van der Waals surface area contributed by atoms with Crippen molar-refractivity contribution in [2.75, 3.05) is 13.7 Å². The number of hydrogen-bond donors (Lipinski definition) is 0. The van der Waals surface area contributed by atoms with Crippen molar-refractivity contribution in [3.05, 3.63) is 23.3 Å². The third kappa shape index (κ3) is 2.69. The van der Waals surface area contributed by atoms with Gasteiger partial charge in [0.05, 0.1) is 12.0 Å². The lowest BCUT2D eigenvalue weighted by molar-refractivity contribution is 0.268. The zero-order valence-electron chi connectivity index (χ0n) is 12.6. The van der Waals surface area contributed by atoms with E-state index >= 15 is 0 Å². The fourth-order valence-electron chi connectivity index (χ4n) is 2.87. The maximum atomic E-state index is 12.9. The number of benzene rings is 1. The Morgan fingerprint density at radius 3 is 2.50 bits per heavy atom. The van der Waals surface area contributed by atoms with E-state index in [1.807, 2.05) is 26.8 Å². The first-order valence-electron chi connectivity index (χ1n) is 7.05. The van der Waals surface area contributed by atoms with E-state index in [9.17, 15) is 8.42 Å². The summed E-state index contributed by atoms with van der Waals surface area (Å²) in [5, 5.41) is 0. The summed E-state index contributed by atoms with van der Waals surface area (Å²) in [5.41, 5.74) is 1.73. The van der Waals surface area contributed by atoms with Gasteiger partial charge in [-0.1, -0.05) is 12.5 Å². The van der Waals surface area contributed by atoms with Crippen molar-refractivity contribution in [1.29, 1.82) is 0 Å². The topological polar surface area (TPSA) is 46.6 Å². The molecule has 0 radical (unpaired) electrons. The average Bonchev–Trinajstić information content (AvgIpc) is 2.38. The number of hydrogen-bond acceptors (Lipinski definition) is 3. The number of aryl methyl sites for hydroxylation is 2. The minimum absolute atomic E-state index is 0.0699. The maximum absolute atomic E-state index is 12.9. The highest BCUT2D eigenvalue weighted by atomic mass is 32.2. The van der Waals surface area contributed by atoms with Gasteiger partial charge in [-0.3, -0.25) is 0 Å². The molecule has 20 heavy (non-hydrogen) atoms. The van der Waals surface area contributed by atoms with Crippen LogP contribution in [0.3, 0.4) is 0 Å². The van der Waals surface area contributed by atoms with Crippen molar-refractivity contribution in [2.24, 2.45) is 0 Å². The molecule has 112 valence electrons. The van der Waals surface area contributed by atoms with Crippen LogP contribution in [0.4, 0.5) is 0 Å². The molecule has 0 spiro atoms.